The van der Waals surface area contributed by atoms with Crippen LogP contribution in [0, 0.1) is 6.92 Å². The van der Waals surface area contributed by atoms with Gasteiger partial charge in [-0.1, -0.05) is 23.3 Å². The van der Waals surface area contributed by atoms with Crippen molar-refractivity contribution in [3.8, 4) is 0 Å². The smallest absolute Gasteiger partial charge is 0.0288 e. The van der Waals surface area contributed by atoms with Crippen LogP contribution in [-0.2, 0) is 0 Å². The fraction of sp³-hybridized carbons (Fsp3) is 0.545. The van der Waals surface area contributed by atoms with E-state index in [1.807, 2.05) is 0 Å². The maximum Gasteiger partial charge on any atom is -0.0288 e. The van der Waals surface area contributed by atoms with Crippen molar-refractivity contribution >= 4 is 0 Å². The highest BCUT2D eigenvalue weighted by molar-refractivity contribution is 5.02. The van der Waals surface area contributed by atoms with E-state index in [1.54, 1.807) is 0 Å². The van der Waals surface area contributed by atoms with Gasteiger partial charge in [0.15, 0.2) is 0 Å². The third-order valence-electron chi connectivity index (χ3n) is 1.58. The van der Waals surface area contributed by atoms with Crippen LogP contribution < -0.4 is 0 Å². The summed E-state index contributed by atoms with van der Waals surface area (Å²) in [4.78, 5) is 0. The fourth-order valence-electron chi connectivity index (χ4n) is 0.937. The van der Waals surface area contributed by atoms with Gasteiger partial charge in [-0.25, -0.2) is 0 Å². The molecule has 0 aliphatic heterocycles. The van der Waals surface area contributed by atoms with Crippen LogP contribution in [0.25, 0.3) is 0 Å². The topological polar surface area (TPSA) is 0 Å². The molecule has 0 unspecified atom stereocenters. The van der Waals surface area contributed by atoms with Crippen molar-refractivity contribution in [2.24, 2.45) is 0 Å². The molecule has 11 heavy (non-hydrogen) atoms. The second-order valence-electron chi connectivity index (χ2n) is 3.16. The van der Waals surface area contributed by atoms with Crippen molar-refractivity contribution < 1.29 is 0 Å². The number of hydrogen-bond donors (Lipinski definition) is 0. The summed E-state index contributed by atoms with van der Waals surface area (Å²) in [6, 6.07) is 0. The Kier molecular flexibility index (Phi) is 5.91. The van der Waals surface area contributed by atoms with Crippen LogP contribution in [0.2, 0.25) is 0 Å². The molecule has 0 heteroatoms. The molecule has 0 saturated carbocycles. The Hall–Kier alpha value is -0.520. The molecule has 0 aliphatic carbocycles. The van der Waals surface area contributed by atoms with Gasteiger partial charge < -0.3 is 0 Å². The van der Waals surface area contributed by atoms with E-state index in [-0.39, 0.29) is 0 Å². The molecule has 0 bridgehead atoms. The number of allylic oxidation sites excluding steroid dienone is 4. The van der Waals surface area contributed by atoms with E-state index in [2.05, 4.69) is 39.8 Å². The SMILES string of the molecule is [CH2]C/C=C(\C)CCC=C(C)C. The maximum absolute atomic E-state index is 3.78. The van der Waals surface area contributed by atoms with E-state index in [4.69, 9.17) is 0 Å². The molecular formula is C11H19. The van der Waals surface area contributed by atoms with Crippen molar-refractivity contribution in [3.63, 3.8) is 0 Å². The standard InChI is InChI=1S/C11H19/c1-5-7-11(4)9-6-8-10(2)3/h7-8H,1,5-6,9H2,2-4H3/b11-7+. The molecule has 0 aliphatic rings. The number of rotatable bonds is 4. The first-order valence-electron chi connectivity index (χ1n) is 4.25. The summed E-state index contributed by atoms with van der Waals surface area (Å²) in [6.45, 7) is 10.2. The van der Waals surface area contributed by atoms with Crippen molar-refractivity contribution in [1.29, 1.82) is 0 Å². The molecule has 0 spiro atoms. The summed E-state index contributed by atoms with van der Waals surface area (Å²) in [5, 5.41) is 0. The molecule has 0 heterocycles. The van der Waals surface area contributed by atoms with Crippen LogP contribution in [0.3, 0.4) is 0 Å². The Morgan fingerprint density at radius 2 is 1.82 bits per heavy atom. The van der Waals surface area contributed by atoms with Gasteiger partial charge >= 0.3 is 0 Å². The highest BCUT2D eigenvalue weighted by Gasteiger charge is 1.86. The minimum absolute atomic E-state index is 0.917. The van der Waals surface area contributed by atoms with Gasteiger partial charge in [-0.15, -0.1) is 0 Å². The Bertz CT molecular complexity index is 145. The van der Waals surface area contributed by atoms with E-state index in [0.717, 1.165) is 6.42 Å². The molecule has 0 aromatic rings. The molecule has 1 radical (unpaired) electrons. The molecule has 63 valence electrons. The molecule has 0 nitrogen and oxygen atoms in total. The van der Waals surface area contributed by atoms with Crippen LogP contribution in [0.4, 0.5) is 0 Å². The monoisotopic (exact) mass is 151 g/mol. The van der Waals surface area contributed by atoms with E-state index in [9.17, 15) is 0 Å². The molecule has 0 rings (SSSR count). The van der Waals surface area contributed by atoms with Crippen molar-refractivity contribution in [1.82, 2.24) is 0 Å². The lowest BCUT2D eigenvalue weighted by atomic mass is 10.1. The lowest BCUT2D eigenvalue weighted by Gasteiger charge is -1.96. The largest absolute Gasteiger partial charge is 0.0856 e. The van der Waals surface area contributed by atoms with Crippen molar-refractivity contribution in [2.75, 3.05) is 0 Å². The molecule has 0 aromatic carbocycles. The summed E-state index contributed by atoms with van der Waals surface area (Å²) in [7, 11) is 0. The number of hydrogen-bond acceptors (Lipinski definition) is 0. The van der Waals surface area contributed by atoms with Crippen LogP contribution in [0.15, 0.2) is 23.3 Å². The Labute approximate surface area is 71.0 Å². The van der Waals surface area contributed by atoms with Gasteiger partial charge in [-0.2, -0.15) is 0 Å². The molecule has 0 saturated heterocycles. The lowest BCUT2D eigenvalue weighted by Crippen LogP contribution is -1.76. The molecule has 0 N–H and O–H groups in total. The predicted molar refractivity (Wildman–Crippen MR) is 52.4 cm³/mol. The van der Waals surface area contributed by atoms with Gasteiger partial charge in [-0.05, 0) is 47.0 Å². The third-order valence-corrected chi connectivity index (χ3v) is 1.58. The maximum atomic E-state index is 3.78. The molecule has 0 amide bonds. The second kappa shape index (κ2) is 6.21. The fourth-order valence-corrected chi connectivity index (χ4v) is 0.937. The van der Waals surface area contributed by atoms with Gasteiger partial charge in [0.2, 0.25) is 0 Å². The normalized spacial score (nSPS) is 11.5. The highest BCUT2D eigenvalue weighted by Crippen LogP contribution is 2.06. The van der Waals surface area contributed by atoms with Crippen LogP contribution >= 0.6 is 0 Å². The summed E-state index contributed by atoms with van der Waals surface area (Å²) >= 11 is 0. The minimum Gasteiger partial charge on any atom is -0.0856 e. The summed E-state index contributed by atoms with van der Waals surface area (Å²) in [5.74, 6) is 0. The zero-order valence-electron chi connectivity index (χ0n) is 7.98. The molecular weight excluding hydrogens is 132 g/mol. The van der Waals surface area contributed by atoms with Crippen LogP contribution in [-0.4, -0.2) is 0 Å². The van der Waals surface area contributed by atoms with E-state index in [1.165, 1.54) is 24.0 Å². The van der Waals surface area contributed by atoms with Crippen molar-refractivity contribution in [2.45, 2.75) is 40.0 Å². The van der Waals surface area contributed by atoms with E-state index < -0.39 is 0 Å². The zero-order chi connectivity index (χ0) is 8.69. The summed E-state index contributed by atoms with van der Waals surface area (Å²) < 4.78 is 0. The van der Waals surface area contributed by atoms with Gasteiger partial charge in [0, 0.05) is 0 Å². The van der Waals surface area contributed by atoms with E-state index >= 15 is 0 Å². The van der Waals surface area contributed by atoms with Crippen LogP contribution in [0.1, 0.15) is 40.0 Å². The first-order chi connectivity index (χ1) is 5.16. The second-order valence-corrected chi connectivity index (χ2v) is 3.16. The van der Waals surface area contributed by atoms with Crippen molar-refractivity contribution in [3.05, 3.63) is 30.2 Å². The molecule has 0 fully saturated rings. The predicted octanol–water partition coefficient (Wildman–Crippen LogP) is 3.90. The molecule has 0 aromatic heterocycles. The average molecular weight is 151 g/mol. The Morgan fingerprint density at radius 1 is 1.18 bits per heavy atom. The Balaban J connectivity index is 3.54. The zero-order valence-corrected chi connectivity index (χ0v) is 7.98. The summed E-state index contributed by atoms with van der Waals surface area (Å²) in [5.41, 5.74) is 2.87. The highest BCUT2D eigenvalue weighted by atomic mass is 13.9. The van der Waals surface area contributed by atoms with Crippen LogP contribution in [0.5, 0.6) is 0 Å². The van der Waals surface area contributed by atoms with E-state index in [0.29, 0.717) is 0 Å². The Morgan fingerprint density at radius 3 is 2.27 bits per heavy atom. The third kappa shape index (κ3) is 7.38. The van der Waals surface area contributed by atoms with Gasteiger partial charge in [0.05, 0.1) is 0 Å². The van der Waals surface area contributed by atoms with Gasteiger partial charge in [0.25, 0.3) is 0 Å². The average Bonchev–Trinajstić information content (AvgIpc) is 1.87. The van der Waals surface area contributed by atoms with Gasteiger partial charge in [0.1, 0.15) is 0 Å². The lowest BCUT2D eigenvalue weighted by molar-refractivity contribution is 0.958. The molecule has 0 atom stereocenters. The summed E-state index contributed by atoms with van der Waals surface area (Å²) in [6.07, 6.45) is 7.74. The first kappa shape index (κ1) is 10.5. The minimum atomic E-state index is 0.917. The van der Waals surface area contributed by atoms with Gasteiger partial charge in [-0.3, -0.25) is 0 Å². The quantitative estimate of drug-likeness (QED) is 0.534. The first-order valence-corrected chi connectivity index (χ1v) is 4.25.